The van der Waals surface area contributed by atoms with Gasteiger partial charge in [0.25, 0.3) is 0 Å². The number of nitrogens with zero attached hydrogens (tertiary/aromatic N) is 1. The number of aromatic nitrogens is 1. The number of Topliss-reactive ketones (excluding diaryl/α,β-unsaturated/α-hetero) is 1. The molecular formula is C34H48N2O2S2. The molecule has 0 saturated carbocycles. The first kappa shape index (κ1) is 35.5. The third-order valence-electron chi connectivity index (χ3n) is 5.56. The van der Waals surface area contributed by atoms with Gasteiger partial charge in [0.15, 0.2) is 0 Å². The number of amides is 1. The maximum absolute atomic E-state index is 12.1. The van der Waals surface area contributed by atoms with Gasteiger partial charge in [-0.2, -0.15) is 0 Å². The predicted octanol–water partition coefficient (Wildman–Crippen LogP) is 9.25. The summed E-state index contributed by atoms with van der Waals surface area (Å²) in [4.78, 5) is 28.0. The SMILES string of the molecule is CC/C=C\C/C=C\C/C=C\C/C=C\C/C=C\CCCC(=O)CCCSSCCNC(=O)C/C=C/c1cccnc1. The first-order chi connectivity index (χ1) is 19.7. The summed E-state index contributed by atoms with van der Waals surface area (Å²) in [6, 6.07) is 3.83. The minimum atomic E-state index is 0.0286. The molecule has 0 atom stereocenters. The Morgan fingerprint density at radius 3 is 2.08 bits per heavy atom. The molecule has 4 nitrogen and oxygen atoms in total. The molecule has 0 bridgehead atoms. The molecule has 218 valence electrons. The summed E-state index contributed by atoms with van der Waals surface area (Å²) in [5.41, 5.74) is 0.992. The highest BCUT2D eigenvalue weighted by Gasteiger charge is 2.02. The monoisotopic (exact) mass is 580 g/mol. The second-order valence-corrected chi connectivity index (χ2v) is 11.8. The highest BCUT2D eigenvalue weighted by Crippen LogP contribution is 2.22. The van der Waals surface area contributed by atoms with E-state index in [0.29, 0.717) is 31.6 Å². The van der Waals surface area contributed by atoms with Crippen molar-refractivity contribution in [3.05, 3.63) is 96.9 Å². The molecule has 6 heteroatoms. The van der Waals surface area contributed by atoms with Crippen LogP contribution in [0.15, 0.2) is 91.4 Å². The average molecular weight is 581 g/mol. The van der Waals surface area contributed by atoms with E-state index in [4.69, 9.17) is 0 Å². The quantitative estimate of drug-likeness (QED) is 0.0750. The normalized spacial score (nSPS) is 12.3. The molecule has 0 fully saturated rings. The second kappa shape index (κ2) is 28.0. The summed E-state index contributed by atoms with van der Waals surface area (Å²) >= 11 is 0. The molecule has 40 heavy (non-hydrogen) atoms. The van der Waals surface area contributed by atoms with Crippen molar-refractivity contribution in [3.8, 4) is 0 Å². The summed E-state index contributed by atoms with van der Waals surface area (Å²) in [5, 5.41) is 2.93. The van der Waals surface area contributed by atoms with Gasteiger partial charge in [-0.25, -0.2) is 0 Å². The fourth-order valence-corrected chi connectivity index (χ4v) is 5.43. The van der Waals surface area contributed by atoms with Gasteiger partial charge < -0.3 is 5.32 Å². The van der Waals surface area contributed by atoms with Gasteiger partial charge in [0.2, 0.25) is 5.91 Å². The lowest BCUT2D eigenvalue weighted by atomic mass is 10.1. The van der Waals surface area contributed by atoms with Crippen LogP contribution in [-0.2, 0) is 9.59 Å². The first-order valence-electron chi connectivity index (χ1n) is 14.6. The Morgan fingerprint density at radius 1 is 0.800 bits per heavy atom. The van der Waals surface area contributed by atoms with Crippen LogP contribution in [0.4, 0.5) is 0 Å². The fourth-order valence-electron chi connectivity index (χ4n) is 3.44. The van der Waals surface area contributed by atoms with E-state index in [2.05, 4.69) is 78.0 Å². The lowest BCUT2D eigenvalue weighted by Crippen LogP contribution is -2.24. The molecule has 0 radical (unpaired) electrons. The van der Waals surface area contributed by atoms with Gasteiger partial charge >= 0.3 is 0 Å². The van der Waals surface area contributed by atoms with E-state index in [1.165, 1.54) is 0 Å². The number of rotatable bonds is 24. The molecule has 0 aliphatic rings. The molecule has 1 rings (SSSR count). The molecule has 1 amide bonds. The Morgan fingerprint density at radius 2 is 1.43 bits per heavy atom. The summed E-state index contributed by atoms with van der Waals surface area (Å²) in [6.45, 7) is 2.81. The van der Waals surface area contributed by atoms with Gasteiger partial charge in [0.1, 0.15) is 5.78 Å². The van der Waals surface area contributed by atoms with Gasteiger partial charge in [-0.15, -0.1) is 0 Å². The molecule has 1 N–H and O–H groups in total. The second-order valence-electron chi connectivity index (χ2n) is 9.13. The van der Waals surface area contributed by atoms with E-state index in [0.717, 1.165) is 68.4 Å². The molecule has 0 saturated heterocycles. The lowest BCUT2D eigenvalue weighted by Gasteiger charge is -2.04. The van der Waals surface area contributed by atoms with Crippen molar-refractivity contribution in [2.75, 3.05) is 18.1 Å². The lowest BCUT2D eigenvalue weighted by molar-refractivity contribution is -0.120. The van der Waals surface area contributed by atoms with Crippen LogP contribution < -0.4 is 5.32 Å². The molecule has 1 aromatic heterocycles. The third-order valence-corrected chi connectivity index (χ3v) is 8.05. The van der Waals surface area contributed by atoms with E-state index >= 15 is 0 Å². The van der Waals surface area contributed by atoms with Crippen LogP contribution in [0.5, 0.6) is 0 Å². The van der Waals surface area contributed by atoms with Crippen LogP contribution in [0, 0.1) is 0 Å². The van der Waals surface area contributed by atoms with E-state index in [1.54, 1.807) is 34.0 Å². The van der Waals surface area contributed by atoms with Crippen molar-refractivity contribution in [3.63, 3.8) is 0 Å². The molecule has 0 aliphatic heterocycles. The van der Waals surface area contributed by atoms with Gasteiger partial charge in [-0.1, -0.05) is 107 Å². The van der Waals surface area contributed by atoms with Crippen molar-refractivity contribution in [1.29, 1.82) is 0 Å². The fraction of sp³-hybridized carbons (Fsp3) is 0.441. The number of carbonyl (C=O) groups is 2. The Kier molecular flexibility index (Phi) is 24.8. The van der Waals surface area contributed by atoms with E-state index in [1.807, 2.05) is 24.3 Å². The molecule has 1 heterocycles. The summed E-state index contributed by atoms with van der Waals surface area (Å²) < 4.78 is 0. The molecule has 0 aliphatic carbocycles. The summed E-state index contributed by atoms with van der Waals surface area (Å²) in [6.07, 6.45) is 38.9. The number of unbranched alkanes of at least 4 members (excludes halogenated alkanes) is 1. The van der Waals surface area contributed by atoms with Crippen molar-refractivity contribution in [2.24, 2.45) is 0 Å². The number of nitrogens with one attached hydrogen (secondary N) is 1. The molecule has 0 aromatic carbocycles. The standard InChI is InChI=1S/C34H48N2O2S2/c1-2-3-4-5-6-7-8-9-10-11-12-13-14-15-16-17-18-24-33(37)25-21-29-39-40-30-28-36-34(38)26-19-22-32-23-20-27-35-31-32/h3-4,6-7,9-10,12-13,15-16,19-20,22-23,27,31H,2,5,8,11,14,17-18,21,24-26,28-30H2,1H3,(H,36,38)/b4-3-,7-6-,10-9-,13-12-,16-15-,22-19+. The van der Waals surface area contributed by atoms with Crippen molar-refractivity contribution in [2.45, 2.75) is 77.6 Å². The maximum atomic E-state index is 12.1. The predicted molar refractivity (Wildman–Crippen MR) is 178 cm³/mol. The Hall–Kier alpha value is -2.57. The van der Waals surface area contributed by atoms with Gasteiger partial charge in [0.05, 0.1) is 0 Å². The Labute approximate surface area is 251 Å². The number of hydrogen-bond acceptors (Lipinski definition) is 5. The van der Waals surface area contributed by atoms with Gasteiger partial charge in [0, 0.05) is 49.7 Å². The molecule has 1 aromatic rings. The van der Waals surface area contributed by atoms with E-state index in [-0.39, 0.29) is 5.91 Å². The van der Waals surface area contributed by atoms with Crippen LogP contribution in [0.3, 0.4) is 0 Å². The molecule has 0 spiro atoms. The molecule has 0 unspecified atom stereocenters. The van der Waals surface area contributed by atoms with Crippen molar-refractivity contribution >= 4 is 39.4 Å². The van der Waals surface area contributed by atoms with Crippen LogP contribution in [0.25, 0.3) is 6.08 Å². The summed E-state index contributed by atoms with van der Waals surface area (Å²) in [5.74, 6) is 2.22. The maximum Gasteiger partial charge on any atom is 0.223 e. The minimum Gasteiger partial charge on any atom is -0.355 e. The third kappa shape index (κ3) is 24.5. The minimum absolute atomic E-state index is 0.0286. The van der Waals surface area contributed by atoms with E-state index < -0.39 is 0 Å². The summed E-state index contributed by atoms with van der Waals surface area (Å²) in [7, 11) is 3.53. The van der Waals surface area contributed by atoms with Crippen molar-refractivity contribution in [1.82, 2.24) is 10.3 Å². The number of ketones is 1. The zero-order chi connectivity index (χ0) is 28.8. The smallest absolute Gasteiger partial charge is 0.223 e. The number of carbonyl (C=O) groups excluding carboxylic acids is 2. The van der Waals surface area contributed by atoms with Crippen LogP contribution in [0.2, 0.25) is 0 Å². The van der Waals surface area contributed by atoms with Crippen molar-refractivity contribution < 1.29 is 9.59 Å². The highest BCUT2D eigenvalue weighted by atomic mass is 33.1. The Balaban J connectivity index is 1.87. The average Bonchev–Trinajstić information content (AvgIpc) is 2.96. The zero-order valence-corrected chi connectivity index (χ0v) is 25.9. The first-order valence-corrected chi connectivity index (χ1v) is 17.1. The van der Waals surface area contributed by atoms with Crippen LogP contribution >= 0.6 is 21.6 Å². The number of allylic oxidation sites excluding steroid dienone is 10. The van der Waals surface area contributed by atoms with Gasteiger partial charge in [-0.3, -0.25) is 14.6 Å². The number of hydrogen-bond donors (Lipinski definition) is 1. The van der Waals surface area contributed by atoms with Crippen LogP contribution in [0.1, 0.15) is 83.1 Å². The number of pyridine rings is 1. The van der Waals surface area contributed by atoms with E-state index in [9.17, 15) is 9.59 Å². The van der Waals surface area contributed by atoms with Gasteiger partial charge in [-0.05, 0) is 63.0 Å². The topological polar surface area (TPSA) is 59.1 Å². The largest absolute Gasteiger partial charge is 0.355 e. The Bertz CT molecular complexity index is 950. The zero-order valence-electron chi connectivity index (χ0n) is 24.2. The van der Waals surface area contributed by atoms with Crippen LogP contribution in [-0.4, -0.2) is 34.7 Å². The molecular weight excluding hydrogens is 533 g/mol. The highest BCUT2D eigenvalue weighted by molar-refractivity contribution is 8.76.